The van der Waals surface area contributed by atoms with Gasteiger partial charge in [-0.15, -0.1) is 0 Å². The van der Waals surface area contributed by atoms with Crippen LogP contribution in [0.15, 0.2) is 17.4 Å². The van der Waals surface area contributed by atoms with Gasteiger partial charge >= 0.3 is 0 Å². The number of methoxy groups -OCH3 is 1. The van der Waals surface area contributed by atoms with Crippen LogP contribution in [0.5, 0.6) is 17.2 Å². The number of hydrogen-bond acceptors (Lipinski definition) is 6. The molecule has 1 aromatic carbocycles. The van der Waals surface area contributed by atoms with Crippen molar-refractivity contribution in [3.8, 4) is 17.2 Å². The van der Waals surface area contributed by atoms with E-state index in [1.54, 1.807) is 7.11 Å². The van der Waals surface area contributed by atoms with Gasteiger partial charge < -0.3 is 29.5 Å². The summed E-state index contributed by atoms with van der Waals surface area (Å²) in [5.41, 5.74) is 1.66. The van der Waals surface area contributed by atoms with Crippen LogP contribution in [-0.2, 0) is 11.2 Å². The van der Waals surface area contributed by atoms with Gasteiger partial charge in [0.1, 0.15) is 11.5 Å². The zero-order valence-electron chi connectivity index (χ0n) is 21.8. The molecule has 0 amide bonds. The Morgan fingerprint density at radius 3 is 2.59 bits per heavy atom. The molecule has 1 fully saturated rings. The first kappa shape index (κ1) is 25.3. The fourth-order valence-electron chi connectivity index (χ4n) is 6.11. The minimum atomic E-state index is -0.867. The van der Waals surface area contributed by atoms with Gasteiger partial charge in [-0.2, -0.15) is 0 Å². The molecule has 1 saturated heterocycles. The van der Waals surface area contributed by atoms with Crippen molar-refractivity contribution >= 4 is 0 Å². The van der Waals surface area contributed by atoms with Crippen molar-refractivity contribution in [3.05, 3.63) is 28.5 Å². The van der Waals surface area contributed by atoms with E-state index in [9.17, 15) is 15.3 Å². The molecule has 3 N–H and O–H groups in total. The Morgan fingerprint density at radius 1 is 1.26 bits per heavy atom. The second-order valence-corrected chi connectivity index (χ2v) is 11.4. The molecule has 1 aromatic rings. The SMILES string of the molecule is CC[C@H](C)[C@@H](O)[C@@H](C)c1cc(OC)c2c(c1O)OC1=C(C2)[C@@]2(C)CC[C@H](C(C)(C)O)O[C@@H]2CC1. The van der Waals surface area contributed by atoms with Crippen molar-refractivity contribution in [3.63, 3.8) is 0 Å². The summed E-state index contributed by atoms with van der Waals surface area (Å²) < 4.78 is 18.7. The first-order valence-electron chi connectivity index (χ1n) is 12.8. The summed E-state index contributed by atoms with van der Waals surface area (Å²) in [6, 6.07) is 1.86. The largest absolute Gasteiger partial charge is 0.504 e. The molecular formula is C28H42O6. The fraction of sp³-hybridized carbons (Fsp3) is 0.714. The highest BCUT2D eigenvalue weighted by molar-refractivity contribution is 5.62. The van der Waals surface area contributed by atoms with Gasteiger partial charge in [-0.1, -0.05) is 34.1 Å². The monoisotopic (exact) mass is 474 g/mol. The molecule has 6 atom stereocenters. The van der Waals surface area contributed by atoms with Crippen LogP contribution < -0.4 is 9.47 Å². The van der Waals surface area contributed by atoms with E-state index in [4.69, 9.17) is 14.2 Å². The Balaban J connectivity index is 1.69. The van der Waals surface area contributed by atoms with Crippen LogP contribution in [0, 0.1) is 11.3 Å². The highest BCUT2D eigenvalue weighted by atomic mass is 16.5. The van der Waals surface area contributed by atoms with E-state index in [1.807, 2.05) is 33.8 Å². The van der Waals surface area contributed by atoms with Crippen LogP contribution >= 0.6 is 0 Å². The predicted octanol–water partition coefficient (Wildman–Crippen LogP) is 5.22. The second kappa shape index (κ2) is 9.03. The number of hydrogen-bond donors (Lipinski definition) is 3. The number of benzene rings is 1. The highest BCUT2D eigenvalue weighted by Crippen LogP contribution is 2.56. The van der Waals surface area contributed by atoms with Gasteiger partial charge in [-0.3, -0.25) is 0 Å². The summed E-state index contributed by atoms with van der Waals surface area (Å²) in [5, 5.41) is 32.6. The molecular weight excluding hydrogens is 432 g/mol. The molecule has 190 valence electrons. The maximum absolute atomic E-state index is 11.3. The summed E-state index contributed by atoms with van der Waals surface area (Å²) in [6.45, 7) is 11.9. The summed E-state index contributed by atoms with van der Waals surface area (Å²) in [6.07, 6.45) is 4.00. The molecule has 0 bridgehead atoms. The Morgan fingerprint density at radius 2 is 1.97 bits per heavy atom. The van der Waals surface area contributed by atoms with E-state index in [1.165, 1.54) is 5.57 Å². The second-order valence-electron chi connectivity index (χ2n) is 11.4. The third-order valence-corrected chi connectivity index (χ3v) is 8.79. The lowest BCUT2D eigenvalue weighted by atomic mass is 9.64. The number of aliphatic hydroxyl groups excluding tert-OH is 1. The van der Waals surface area contributed by atoms with E-state index in [2.05, 4.69) is 13.8 Å². The maximum atomic E-state index is 11.3. The van der Waals surface area contributed by atoms with Crippen LogP contribution in [-0.4, -0.2) is 46.3 Å². The van der Waals surface area contributed by atoms with Crippen LogP contribution in [0.3, 0.4) is 0 Å². The zero-order valence-corrected chi connectivity index (χ0v) is 21.8. The number of phenols is 1. The number of fused-ring (bicyclic) bond motifs is 3. The average Bonchev–Trinajstić information content (AvgIpc) is 2.81. The first-order valence-corrected chi connectivity index (χ1v) is 12.8. The van der Waals surface area contributed by atoms with Crippen LogP contribution in [0.4, 0.5) is 0 Å². The van der Waals surface area contributed by atoms with Gasteiger partial charge in [-0.05, 0) is 50.7 Å². The molecule has 2 heterocycles. The molecule has 6 heteroatoms. The molecule has 4 rings (SSSR count). The number of phenolic OH excluding ortho intramolecular Hbond substituents is 1. The smallest absolute Gasteiger partial charge is 0.176 e. The van der Waals surface area contributed by atoms with Crippen LogP contribution in [0.1, 0.15) is 90.7 Å². The quantitative estimate of drug-likeness (QED) is 0.524. The lowest BCUT2D eigenvalue weighted by Gasteiger charge is -2.52. The van der Waals surface area contributed by atoms with E-state index in [-0.39, 0.29) is 35.2 Å². The van der Waals surface area contributed by atoms with Gasteiger partial charge in [-0.25, -0.2) is 0 Å². The molecule has 6 nitrogen and oxygen atoms in total. The number of aromatic hydroxyl groups is 1. The van der Waals surface area contributed by atoms with Crippen molar-refractivity contribution in [1.82, 2.24) is 0 Å². The Kier molecular flexibility index (Phi) is 6.73. The lowest BCUT2D eigenvalue weighted by molar-refractivity contribution is -0.181. The molecule has 1 aliphatic carbocycles. The summed E-state index contributed by atoms with van der Waals surface area (Å²) >= 11 is 0. The molecule has 0 saturated carbocycles. The lowest BCUT2D eigenvalue weighted by Crippen LogP contribution is -2.52. The topological polar surface area (TPSA) is 88.4 Å². The number of ether oxygens (including phenoxy) is 3. The zero-order chi connectivity index (χ0) is 25.0. The molecule has 2 aliphatic heterocycles. The number of aliphatic hydroxyl groups is 2. The van der Waals surface area contributed by atoms with Crippen molar-refractivity contribution in [2.45, 2.75) is 110 Å². The Bertz CT molecular complexity index is 961. The Hall–Kier alpha value is -1.76. The van der Waals surface area contributed by atoms with Gasteiger partial charge in [0.2, 0.25) is 0 Å². The van der Waals surface area contributed by atoms with Gasteiger partial charge in [0.15, 0.2) is 11.5 Å². The van der Waals surface area contributed by atoms with Gasteiger partial charge in [0, 0.05) is 35.3 Å². The van der Waals surface area contributed by atoms with Crippen molar-refractivity contribution in [2.75, 3.05) is 7.11 Å². The number of rotatable bonds is 6. The summed E-state index contributed by atoms with van der Waals surface area (Å²) in [4.78, 5) is 0. The summed E-state index contributed by atoms with van der Waals surface area (Å²) in [7, 11) is 1.64. The predicted molar refractivity (Wildman–Crippen MR) is 131 cm³/mol. The third kappa shape index (κ3) is 4.12. The van der Waals surface area contributed by atoms with Crippen molar-refractivity contribution in [2.24, 2.45) is 11.3 Å². The minimum Gasteiger partial charge on any atom is -0.504 e. The van der Waals surface area contributed by atoms with E-state index in [0.717, 1.165) is 43.4 Å². The van der Waals surface area contributed by atoms with Crippen LogP contribution in [0.2, 0.25) is 0 Å². The average molecular weight is 475 g/mol. The normalized spacial score (nSPS) is 29.3. The van der Waals surface area contributed by atoms with E-state index < -0.39 is 11.7 Å². The molecule has 3 aliphatic rings. The standard InChI is InChI=1S/C28H42O6/c1-8-15(2)24(29)16(3)17-14-21(32-7)18-13-19-20(33-26(18)25(17)30)9-10-23-28(19,6)12-11-22(34-23)27(4,5)31/h14-16,22-24,29-31H,8-13H2,1-7H3/t15-,16-,22+,23+,24+,28+/m0/s1. The Labute approximate surface area is 203 Å². The maximum Gasteiger partial charge on any atom is 0.176 e. The first-order chi connectivity index (χ1) is 15.9. The van der Waals surface area contributed by atoms with Crippen LogP contribution in [0.25, 0.3) is 0 Å². The molecule has 0 aromatic heterocycles. The van der Waals surface area contributed by atoms with E-state index in [0.29, 0.717) is 23.5 Å². The molecule has 0 unspecified atom stereocenters. The number of allylic oxidation sites excluding steroid dienone is 1. The van der Waals surface area contributed by atoms with E-state index >= 15 is 0 Å². The molecule has 0 radical (unpaired) electrons. The fourth-order valence-corrected chi connectivity index (χ4v) is 6.11. The highest BCUT2D eigenvalue weighted by Gasteiger charge is 2.51. The minimum absolute atomic E-state index is 0.0196. The molecule has 0 spiro atoms. The van der Waals surface area contributed by atoms with Crippen molar-refractivity contribution in [1.29, 1.82) is 0 Å². The van der Waals surface area contributed by atoms with Gasteiger partial charge in [0.05, 0.1) is 31.0 Å². The van der Waals surface area contributed by atoms with Crippen molar-refractivity contribution < 1.29 is 29.5 Å². The summed E-state index contributed by atoms with van der Waals surface area (Å²) in [5.74, 6) is 2.01. The third-order valence-electron chi connectivity index (χ3n) is 8.79. The molecule has 34 heavy (non-hydrogen) atoms. The van der Waals surface area contributed by atoms with Gasteiger partial charge in [0.25, 0.3) is 0 Å².